The topological polar surface area (TPSA) is 17.8 Å². The third kappa shape index (κ3) is 2.01. The third-order valence-electron chi connectivity index (χ3n) is 4.36. The quantitative estimate of drug-likeness (QED) is 0.452. The first-order chi connectivity index (χ1) is 11.4. The monoisotopic (exact) mass is 314 g/mol. The second kappa shape index (κ2) is 5.00. The molecule has 1 aliphatic heterocycles. The molecular weight excluding hydrogens is 300 g/mol. The van der Waals surface area contributed by atoms with Crippen LogP contribution in [0.5, 0.6) is 0 Å². The van der Waals surface area contributed by atoms with Crippen LogP contribution in [0.15, 0.2) is 83.0 Å². The average Bonchev–Trinajstić information content (AvgIpc) is 3.02. The molecule has 3 heteroatoms. The average molecular weight is 314 g/mol. The SMILES string of the molecule is c1cc(Cc2ccncc2)c2c(c1)Sc1cccc3ccn-2c13. The zero-order valence-electron chi connectivity index (χ0n) is 12.4. The van der Waals surface area contributed by atoms with Crippen LogP contribution in [-0.4, -0.2) is 9.55 Å². The molecule has 4 aromatic rings. The molecule has 1 aliphatic rings. The van der Waals surface area contributed by atoms with Gasteiger partial charge in [0.1, 0.15) is 0 Å². The highest BCUT2D eigenvalue weighted by molar-refractivity contribution is 7.99. The Labute approximate surface area is 138 Å². The van der Waals surface area contributed by atoms with Crippen molar-refractivity contribution in [1.29, 1.82) is 0 Å². The highest BCUT2D eigenvalue weighted by Gasteiger charge is 2.20. The van der Waals surface area contributed by atoms with Gasteiger partial charge in [-0.15, -0.1) is 0 Å². The number of pyridine rings is 1. The summed E-state index contributed by atoms with van der Waals surface area (Å²) in [6, 6.07) is 19.5. The first kappa shape index (κ1) is 13.0. The van der Waals surface area contributed by atoms with Crippen LogP contribution in [0.1, 0.15) is 11.1 Å². The first-order valence-electron chi connectivity index (χ1n) is 7.69. The number of para-hydroxylation sites is 2. The van der Waals surface area contributed by atoms with Gasteiger partial charge in [0.15, 0.2) is 0 Å². The number of rotatable bonds is 2. The lowest BCUT2D eigenvalue weighted by Crippen LogP contribution is -2.05. The summed E-state index contributed by atoms with van der Waals surface area (Å²) in [6.07, 6.45) is 6.85. The molecule has 0 aliphatic carbocycles. The van der Waals surface area contributed by atoms with Crippen LogP contribution in [0, 0.1) is 0 Å². The molecule has 0 atom stereocenters. The molecule has 0 fully saturated rings. The maximum atomic E-state index is 4.12. The van der Waals surface area contributed by atoms with Crippen LogP contribution in [0.4, 0.5) is 0 Å². The lowest BCUT2D eigenvalue weighted by molar-refractivity contribution is 1.00. The minimum absolute atomic E-state index is 0.925. The fourth-order valence-corrected chi connectivity index (χ4v) is 4.50. The molecule has 0 bridgehead atoms. The van der Waals surface area contributed by atoms with Crippen molar-refractivity contribution >= 4 is 22.7 Å². The van der Waals surface area contributed by atoms with E-state index < -0.39 is 0 Å². The van der Waals surface area contributed by atoms with Gasteiger partial charge in [-0.2, -0.15) is 0 Å². The molecule has 110 valence electrons. The number of benzene rings is 2. The summed E-state index contributed by atoms with van der Waals surface area (Å²) in [6.45, 7) is 0. The van der Waals surface area contributed by atoms with Crippen molar-refractivity contribution in [3.8, 4) is 5.69 Å². The zero-order chi connectivity index (χ0) is 15.2. The van der Waals surface area contributed by atoms with Crippen LogP contribution in [0.2, 0.25) is 0 Å². The number of hydrogen-bond donors (Lipinski definition) is 0. The van der Waals surface area contributed by atoms with E-state index in [1.807, 2.05) is 24.2 Å². The molecular formula is C20H14N2S. The van der Waals surface area contributed by atoms with Crippen molar-refractivity contribution < 1.29 is 0 Å². The van der Waals surface area contributed by atoms with Crippen LogP contribution < -0.4 is 0 Å². The fourth-order valence-electron chi connectivity index (χ4n) is 3.33. The van der Waals surface area contributed by atoms with E-state index in [0.717, 1.165) is 6.42 Å². The van der Waals surface area contributed by atoms with Crippen LogP contribution in [-0.2, 0) is 6.42 Å². The summed E-state index contributed by atoms with van der Waals surface area (Å²) in [5.41, 5.74) is 5.30. The van der Waals surface area contributed by atoms with Gasteiger partial charge in [-0.1, -0.05) is 36.0 Å². The second-order valence-corrected chi connectivity index (χ2v) is 6.86. The maximum absolute atomic E-state index is 4.12. The zero-order valence-corrected chi connectivity index (χ0v) is 13.3. The third-order valence-corrected chi connectivity index (χ3v) is 5.46. The highest BCUT2D eigenvalue weighted by Crippen LogP contribution is 2.44. The van der Waals surface area contributed by atoms with Crippen molar-refractivity contribution in [2.75, 3.05) is 0 Å². The molecule has 3 heterocycles. The van der Waals surface area contributed by atoms with E-state index in [4.69, 9.17) is 0 Å². The molecule has 2 aromatic heterocycles. The second-order valence-electron chi connectivity index (χ2n) is 5.78. The first-order valence-corrected chi connectivity index (χ1v) is 8.51. The van der Waals surface area contributed by atoms with Crippen molar-refractivity contribution in [2.24, 2.45) is 0 Å². The van der Waals surface area contributed by atoms with Gasteiger partial charge in [-0.3, -0.25) is 4.98 Å². The summed E-state index contributed by atoms with van der Waals surface area (Å²) < 4.78 is 2.35. The largest absolute Gasteiger partial charge is 0.314 e. The Morgan fingerprint density at radius 2 is 1.70 bits per heavy atom. The smallest absolute Gasteiger partial charge is 0.0668 e. The van der Waals surface area contributed by atoms with E-state index in [9.17, 15) is 0 Å². The number of fused-ring (bicyclic) bond motifs is 2. The maximum Gasteiger partial charge on any atom is 0.0668 e. The van der Waals surface area contributed by atoms with Crippen molar-refractivity contribution in [3.05, 3.63) is 84.3 Å². The van der Waals surface area contributed by atoms with Crippen molar-refractivity contribution in [2.45, 2.75) is 16.2 Å². The Morgan fingerprint density at radius 3 is 2.61 bits per heavy atom. The van der Waals surface area contributed by atoms with Crippen LogP contribution in [0.3, 0.4) is 0 Å². The Balaban J connectivity index is 1.73. The van der Waals surface area contributed by atoms with E-state index in [-0.39, 0.29) is 0 Å². The van der Waals surface area contributed by atoms with E-state index in [1.54, 1.807) is 0 Å². The van der Waals surface area contributed by atoms with Crippen LogP contribution in [0.25, 0.3) is 16.6 Å². The Bertz CT molecular complexity index is 1020. The molecule has 0 unspecified atom stereocenters. The lowest BCUT2D eigenvalue weighted by atomic mass is 10.0. The Morgan fingerprint density at radius 1 is 0.870 bits per heavy atom. The predicted octanol–water partition coefficient (Wildman–Crippen LogP) is 5.08. The molecule has 0 radical (unpaired) electrons. The summed E-state index contributed by atoms with van der Waals surface area (Å²) >= 11 is 1.87. The Hall–Kier alpha value is -2.52. The van der Waals surface area contributed by atoms with Gasteiger partial charge in [-0.05, 0) is 47.9 Å². The van der Waals surface area contributed by atoms with Gasteiger partial charge >= 0.3 is 0 Å². The number of hydrogen-bond acceptors (Lipinski definition) is 2. The molecule has 0 amide bonds. The molecule has 2 aromatic carbocycles. The molecule has 0 N–H and O–H groups in total. The van der Waals surface area contributed by atoms with Crippen molar-refractivity contribution in [1.82, 2.24) is 9.55 Å². The molecule has 0 saturated heterocycles. The number of aromatic nitrogens is 2. The van der Waals surface area contributed by atoms with Gasteiger partial charge in [0.25, 0.3) is 0 Å². The van der Waals surface area contributed by atoms with Gasteiger partial charge < -0.3 is 4.57 Å². The molecule has 5 rings (SSSR count). The summed E-state index contributed by atoms with van der Waals surface area (Å²) in [4.78, 5) is 6.78. The molecule has 0 spiro atoms. The van der Waals surface area contributed by atoms with Crippen molar-refractivity contribution in [3.63, 3.8) is 0 Å². The predicted molar refractivity (Wildman–Crippen MR) is 94.4 cm³/mol. The van der Waals surface area contributed by atoms with E-state index in [2.05, 4.69) is 70.3 Å². The summed E-state index contributed by atoms with van der Waals surface area (Å²) in [7, 11) is 0. The molecule has 0 saturated carbocycles. The van der Waals surface area contributed by atoms with Crippen LogP contribution >= 0.6 is 11.8 Å². The standard InChI is InChI=1S/C20H14N2S/c1-3-15-9-12-22-19(15)17(5-1)23-18-6-2-4-16(20(18)22)13-14-7-10-21-11-8-14/h1-12H,13H2. The highest BCUT2D eigenvalue weighted by atomic mass is 32.2. The lowest BCUT2D eigenvalue weighted by Gasteiger charge is -2.22. The van der Waals surface area contributed by atoms with E-state index in [0.29, 0.717) is 0 Å². The number of nitrogens with zero attached hydrogens (tertiary/aromatic N) is 2. The van der Waals surface area contributed by atoms with E-state index >= 15 is 0 Å². The van der Waals surface area contributed by atoms with Gasteiger partial charge in [0.2, 0.25) is 0 Å². The molecule has 23 heavy (non-hydrogen) atoms. The van der Waals surface area contributed by atoms with Gasteiger partial charge in [0, 0.05) is 33.8 Å². The molecule has 2 nitrogen and oxygen atoms in total. The summed E-state index contributed by atoms with van der Waals surface area (Å²) in [5, 5.41) is 1.30. The van der Waals surface area contributed by atoms with Gasteiger partial charge in [0.05, 0.1) is 11.2 Å². The minimum atomic E-state index is 0.925. The Kier molecular flexibility index (Phi) is 2.82. The normalized spacial score (nSPS) is 12.3. The summed E-state index contributed by atoms with van der Waals surface area (Å²) in [5.74, 6) is 0. The minimum Gasteiger partial charge on any atom is -0.314 e. The van der Waals surface area contributed by atoms with Gasteiger partial charge in [-0.25, -0.2) is 0 Å². The van der Waals surface area contributed by atoms with E-state index in [1.165, 1.54) is 37.5 Å². The fraction of sp³-hybridized carbons (Fsp3) is 0.0500.